The molecule has 4 aromatic rings. The molecule has 1 saturated carbocycles. The van der Waals surface area contributed by atoms with Gasteiger partial charge in [0.25, 0.3) is 0 Å². The lowest BCUT2D eigenvalue weighted by Gasteiger charge is -2.10. The molecule has 1 N–H and O–H groups in total. The van der Waals surface area contributed by atoms with Crippen LogP contribution in [0.4, 0.5) is 5.13 Å². The van der Waals surface area contributed by atoms with E-state index >= 15 is 0 Å². The zero-order valence-electron chi connectivity index (χ0n) is 16.1. The van der Waals surface area contributed by atoms with Gasteiger partial charge < -0.3 is 14.6 Å². The number of carbonyl (C=O) groups excluding carboxylic acids is 1. The van der Waals surface area contributed by atoms with Crippen molar-refractivity contribution >= 4 is 32.6 Å². The Morgan fingerprint density at radius 2 is 2.07 bits per heavy atom. The lowest BCUT2D eigenvalue weighted by Crippen LogP contribution is -2.28. The molecular formula is C22H19N3O3S. The van der Waals surface area contributed by atoms with Crippen LogP contribution in [0.2, 0.25) is 0 Å². The quantitative estimate of drug-likeness (QED) is 0.509. The summed E-state index contributed by atoms with van der Waals surface area (Å²) < 4.78 is 11.9. The molecule has 2 aromatic heterocycles. The number of methoxy groups -OCH3 is 1. The molecule has 1 fully saturated rings. The Labute approximate surface area is 171 Å². The Kier molecular flexibility index (Phi) is 4.13. The molecule has 0 spiro atoms. The average Bonchev–Trinajstić information content (AvgIpc) is 3.21. The highest BCUT2D eigenvalue weighted by atomic mass is 32.1. The summed E-state index contributed by atoms with van der Waals surface area (Å²) in [6.45, 7) is 2.04. The molecular weight excluding hydrogens is 386 g/mol. The van der Waals surface area contributed by atoms with Crippen molar-refractivity contribution in [3.8, 4) is 17.1 Å². The first-order chi connectivity index (χ1) is 14.1. The van der Waals surface area contributed by atoms with E-state index in [1.807, 2.05) is 49.4 Å². The third-order valence-corrected chi connectivity index (χ3v) is 6.24. The highest BCUT2D eigenvalue weighted by Crippen LogP contribution is 2.49. The molecule has 0 aliphatic heterocycles. The Bertz CT molecular complexity index is 1220. The molecule has 0 unspecified atom stereocenters. The van der Waals surface area contributed by atoms with E-state index in [0.29, 0.717) is 16.6 Å². The maximum atomic E-state index is 13.0. The van der Waals surface area contributed by atoms with Gasteiger partial charge in [0.2, 0.25) is 5.91 Å². The van der Waals surface area contributed by atoms with Gasteiger partial charge in [0.05, 0.1) is 28.4 Å². The summed E-state index contributed by atoms with van der Waals surface area (Å²) in [6.07, 6.45) is 1.49. The number of carbonyl (C=O) groups is 1. The predicted molar refractivity (Wildman–Crippen MR) is 112 cm³/mol. The van der Waals surface area contributed by atoms with E-state index in [2.05, 4.69) is 21.5 Å². The minimum absolute atomic E-state index is 0.0845. The Hall–Kier alpha value is -3.19. The van der Waals surface area contributed by atoms with Crippen LogP contribution in [0.25, 0.3) is 21.5 Å². The van der Waals surface area contributed by atoms with Gasteiger partial charge in [-0.15, -0.1) is 0 Å². The maximum absolute atomic E-state index is 13.0. The Morgan fingerprint density at radius 1 is 1.21 bits per heavy atom. The van der Waals surface area contributed by atoms with Crippen molar-refractivity contribution in [1.29, 1.82) is 0 Å². The van der Waals surface area contributed by atoms with Crippen LogP contribution in [-0.4, -0.2) is 23.2 Å². The van der Waals surface area contributed by atoms with E-state index in [1.54, 1.807) is 7.11 Å². The smallest absolute Gasteiger partial charge is 0.238 e. The summed E-state index contributed by atoms with van der Waals surface area (Å²) in [5.41, 5.74) is 2.94. The van der Waals surface area contributed by atoms with E-state index in [0.717, 1.165) is 34.4 Å². The fraction of sp³-hybridized carbons (Fsp3) is 0.227. The molecule has 1 aliphatic carbocycles. The summed E-state index contributed by atoms with van der Waals surface area (Å²) in [4.78, 5) is 17.6. The average molecular weight is 405 g/mol. The molecule has 1 aliphatic rings. The van der Waals surface area contributed by atoms with Gasteiger partial charge in [-0.25, -0.2) is 4.98 Å². The molecule has 29 heavy (non-hydrogen) atoms. The van der Waals surface area contributed by atoms with Gasteiger partial charge >= 0.3 is 0 Å². The van der Waals surface area contributed by atoms with Crippen LogP contribution < -0.4 is 10.1 Å². The molecule has 0 radical (unpaired) electrons. The standard InChI is InChI=1S/C22H19N3O3S/c1-13-6-7-16-18(10-13)29-21(23-16)24-20(26)22(8-9-22)19-12-17(28-25-19)14-4-3-5-15(11-14)27-2/h3-7,10-12H,8-9H2,1-2H3,(H,23,24,26). The summed E-state index contributed by atoms with van der Waals surface area (Å²) in [7, 11) is 1.62. The minimum Gasteiger partial charge on any atom is -0.497 e. The Morgan fingerprint density at radius 3 is 2.86 bits per heavy atom. The number of aromatic nitrogens is 2. The number of hydrogen-bond acceptors (Lipinski definition) is 6. The summed E-state index contributed by atoms with van der Waals surface area (Å²) in [5.74, 6) is 1.28. The van der Waals surface area contributed by atoms with E-state index < -0.39 is 5.41 Å². The van der Waals surface area contributed by atoms with Gasteiger partial charge in [0.15, 0.2) is 10.9 Å². The van der Waals surface area contributed by atoms with Gasteiger partial charge in [0.1, 0.15) is 5.75 Å². The van der Waals surface area contributed by atoms with Crippen molar-refractivity contribution in [2.45, 2.75) is 25.2 Å². The highest BCUT2D eigenvalue weighted by Gasteiger charge is 2.54. The van der Waals surface area contributed by atoms with Crippen molar-refractivity contribution in [2.24, 2.45) is 0 Å². The molecule has 146 valence electrons. The summed E-state index contributed by atoms with van der Waals surface area (Å²) in [5, 5.41) is 7.80. The van der Waals surface area contributed by atoms with Crippen LogP contribution in [0, 0.1) is 6.92 Å². The SMILES string of the molecule is COc1cccc(-c2cc(C3(C(=O)Nc4nc5ccc(C)cc5s4)CC3)no2)c1. The minimum atomic E-state index is -0.644. The zero-order chi connectivity index (χ0) is 20.0. The maximum Gasteiger partial charge on any atom is 0.238 e. The topological polar surface area (TPSA) is 77.2 Å². The van der Waals surface area contributed by atoms with Crippen LogP contribution in [0.15, 0.2) is 53.1 Å². The third kappa shape index (κ3) is 3.17. The lowest BCUT2D eigenvalue weighted by molar-refractivity contribution is -0.118. The molecule has 7 heteroatoms. The number of aryl methyl sites for hydroxylation is 1. The summed E-state index contributed by atoms with van der Waals surface area (Å²) in [6, 6.07) is 15.5. The highest BCUT2D eigenvalue weighted by molar-refractivity contribution is 7.22. The number of nitrogens with zero attached hydrogens (tertiary/aromatic N) is 2. The van der Waals surface area contributed by atoms with Crippen LogP contribution in [0.1, 0.15) is 24.1 Å². The Balaban J connectivity index is 1.39. The predicted octanol–water partition coefficient (Wildman–Crippen LogP) is 4.94. The monoisotopic (exact) mass is 405 g/mol. The zero-order valence-corrected chi connectivity index (χ0v) is 16.9. The van der Waals surface area contributed by atoms with Crippen LogP contribution in [0.5, 0.6) is 5.75 Å². The molecule has 6 nitrogen and oxygen atoms in total. The third-order valence-electron chi connectivity index (χ3n) is 5.30. The molecule has 2 heterocycles. The molecule has 2 aromatic carbocycles. The van der Waals surface area contributed by atoms with Crippen molar-refractivity contribution in [2.75, 3.05) is 12.4 Å². The molecule has 0 bridgehead atoms. The van der Waals surface area contributed by atoms with E-state index in [-0.39, 0.29) is 5.91 Å². The lowest BCUT2D eigenvalue weighted by atomic mass is 10.0. The van der Waals surface area contributed by atoms with E-state index in [1.165, 1.54) is 16.9 Å². The van der Waals surface area contributed by atoms with Crippen molar-refractivity contribution in [1.82, 2.24) is 10.1 Å². The second-order valence-corrected chi connectivity index (χ2v) is 8.37. The van der Waals surface area contributed by atoms with Crippen molar-refractivity contribution < 1.29 is 14.1 Å². The first-order valence-corrected chi connectivity index (χ1v) is 10.2. The van der Waals surface area contributed by atoms with Gasteiger partial charge in [-0.1, -0.05) is 34.7 Å². The van der Waals surface area contributed by atoms with Crippen molar-refractivity contribution in [3.63, 3.8) is 0 Å². The fourth-order valence-electron chi connectivity index (χ4n) is 3.44. The van der Waals surface area contributed by atoms with Gasteiger partial charge in [-0.05, 0) is 49.6 Å². The van der Waals surface area contributed by atoms with Crippen LogP contribution >= 0.6 is 11.3 Å². The number of rotatable bonds is 5. The number of nitrogens with one attached hydrogen (secondary N) is 1. The van der Waals surface area contributed by atoms with E-state index in [9.17, 15) is 4.79 Å². The second kappa shape index (κ2) is 6.70. The fourth-order valence-corrected chi connectivity index (χ4v) is 4.40. The number of ether oxygens (including phenoxy) is 1. The number of amides is 1. The van der Waals surface area contributed by atoms with Gasteiger partial charge in [-0.3, -0.25) is 4.79 Å². The largest absolute Gasteiger partial charge is 0.497 e. The number of anilines is 1. The van der Waals surface area contributed by atoms with Gasteiger partial charge in [0, 0.05) is 11.6 Å². The first kappa shape index (κ1) is 17.9. The second-order valence-electron chi connectivity index (χ2n) is 7.33. The number of thiazole rings is 1. The van der Waals surface area contributed by atoms with Crippen LogP contribution in [-0.2, 0) is 10.2 Å². The van der Waals surface area contributed by atoms with Gasteiger partial charge in [-0.2, -0.15) is 0 Å². The number of fused-ring (bicyclic) bond motifs is 1. The normalized spacial score (nSPS) is 14.7. The first-order valence-electron chi connectivity index (χ1n) is 9.38. The summed E-state index contributed by atoms with van der Waals surface area (Å²) >= 11 is 1.48. The van der Waals surface area contributed by atoms with Crippen LogP contribution in [0.3, 0.4) is 0 Å². The number of benzene rings is 2. The molecule has 1 amide bonds. The number of hydrogen-bond donors (Lipinski definition) is 1. The van der Waals surface area contributed by atoms with E-state index in [4.69, 9.17) is 9.26 Å². The van der Waals surface area contributed by atoms with Crippen molar-refractivity contribution in [3.05, 3.63) is 59.8 Å². The molecule has 0 saturated heterocycles. The molecule has 5 rings (SSSR count). The molecule has 0 atom stereocenters.